The number of aryl methyl sites for hydroxylation is 2. The smallest absolute Gasteiger partial charge is 0.0683 e. The summed E-state index contributed by atoms with van der Waals surface area (Å²) >= 11 is 8.10. The largest absolute Gasteiger partial charge is 0.309 e. The minimum atomic E-state index is 0.182. The maximum Gasteiger partial charge on any atom is 0.0683 e. The van der Waals surface area contributed by atoms with Crippen molar-refractivity contribution in [3.8, 4) is 0 Å². The minimum absolute atomic E-state index is 0.182. The predicted molar refractivity (Wildman–Crippen MR) is 76.1 cm³/mol. The van der Waals surface area contributed by atoms with Crippen LogP contribution in [0, 0.1) is 13.8 Å². The van der Waals surface area contributed by atoms with E-state index in [1.165, 1.54) is 16.0 Å². The van der Waals surface area contributed by atoms with Crippen LogP contribution in [-0.2, 0) is 0 Å². The zero-order valence-electron chi connectivity index (χ0n) is 10.3. The van der Waals surface area contributed by atoms with E-state index in [0.29, 0.717) is 0 Å². The van der Waals surface area contributed by atoms with Crippen LogP contribution in [0.1, 0.15) is 27.6 Å². The lowest BCUT2D eigenvalue weighted by Gasteiger charge is -2.18. The molecule has 0 bridgehead atoms. The lowest BCUT2D eigenvalue weighted by atomic mass is 10.00. The summed E-state index contributed by atoms with van der Waals surface area (Å²) in [6.07, 6.45) is 0. The van der Waals surface area contributed by atoms with Crippen molar-refractivity contribution >= 4 is 22.9 Å². The van der Waals surface area contributed by atoms with Crippen LogP contribution in [0.2, 0.25) is 5.02 Å². The molecule has 2 rings (SSSR count). The molecule has 1 nitrogen and oxygen atoms in total. The molecular weight excluding hydrogens is 250 g/mol. The molecule has 0 fully saturated rings. The lowest BCUT2D eigenvalue weighted by Crippen LogP contribution is -2.17. The van der Waals surface area contributed by atoms with E-state index in [9.17, 15) is 0 Å². The normalized spacial score (nSPS) is 12.7. The van der Waals surface area contributed by atoms with Gasteiger partial charge in [0.05, 0.1) is 6.04 Å². The topological polar surface area (TPSA) is 12.0 Å². The average Bonchev–Trinajstić information content (AvgIpc) is 2.80. The van der Waals surface area contributed by atoms with Gasteiger partial charge < -0.3 is 5.32 Å². The van der Waals surface area contributed by atoms with Gasteiger partial charge in [-0.25, -0.2) is 0 Å². The van der Waals surface area contributed by atoms with E-state index >= 15 is 0 Å². The van der Waals surface area contributed by atoms with Crippen molar-refractivity contribution in [2.45, 2.75) is 19.9 Å². The summed E-state index contributed by atoms with van der Waals surface area (Å²) in [5.74, 6) is 0. The number of thiophene rings is 1. The van der Waals surface area contributed by atoms with Crippen LogP contribution in [-0.4, -0.2) is 7.05 Å². The van der Waals surface area contributed by atoms with Gasteiger partial charge in [-0.3, -0.25) is 0 Å². The molecule has 0 spiro atoms. The molecule has 0 aliphatic heterocycles. The summed E-state index contributed by atoms with van der Waals surface area (Å²) in [7, 11) is 1.97. The molecule has 1 aromatic carbocycles. The highest BCUT2D eigenvalue weighted by molar-refractivity contribution is 7.10. The van der Waals surface area contributed by atoms with Crippen molar-refractivity contribution in [1.29, 1.82) is 0 Å². The molecule has 0 saturated heterocycles. The highest BCUT2D eigenvalue weighted by Gasteiger charge is 2.16. The number of hydrogen-bond acceptors (Lipinski definition) is 2. The van der Waals surface area contributed by atoms with Gasteiger partial charge in [0.15, 0.2) is 0 Å². The summed E-state index contributed by atoms with van der Waals surface area (Å²) in [5, 5.41) is 6.26. The molecular formula is C14H16ClNS. The highest BCUT2D eigenvalue weighted by Crippen LogP contribution is 2.32. The summed E-state index contributed by atoms with van der Waals surface area (Å²) < 4.78 is 0. The van der Waals surface area contributed by atoms with Crippen molar-refractivity contribution in [1.82, 2.24) is 5.32 Å². The Labute approximate surface area is 111 Å². The fraction of sp³-hybridized carbons (Fsp3) is 0.286. The van der Waals surface area contributed by atoms with E-state index < -0.39 is 0 Å². The SMILES string of the molecule is CNC(c1cccs1)c1cc(C)c(C)cc1Cl. The van der Waals surface area contributed by atoms with Gasteiger partial charge in [-0.15, -0.1) is 11.3 Å². The third-order valence-electron chi connectivity index (χ3n) is 3.04. The van der Waals surface area contributed by atoms with Crippen molar-refractivity contribution in [2.24, 2.45) is 0 Å². The Morgan fingerprint density at radius 1 is 1.24 bits per heavy atom. The molecule has 90 valence electrons. The van der Waals surface area contributed by atoms with Crippen molar-refractivity contribution in [3.05, 3.63) is 56.2 Å². The molecule has 1 heterocycles. The summed E-state index contributed by atoms with van der Waals surface area (Å²) in [6.45, 7) is 4.21. The first-order chi connectivity index (χ1) is 8.13. The first kappa shape index (κ1) is 12.6. The Morgan fingerprint density at radius 2 is 1.94 bits per heavy atom. The van der Waals surface area contributed by atoms with Crippen LogP contribution in [0.25, 0.3) is 0 Å². The molecule has 0 aliphatic rings. The van der Waals surface area contributed by atoms with E-state index in [1.54, 1.807) is 11.3 Å². The van der Waals surface area contributed by atoms with Crippen molar-refractivity contribution in [2.75, 3.05) is 7.05 Å². The van der Waals surface area contributed by atoms with Gasteiger partial charge >= 0.3 is 0 Å². The van der Waals surface area contributed by atoms with Crippen molar-refractivity contribution < 1.29 is 0 Å². The van der Waals surface area contributed by atoms with Crippen LogP contribution < -0.4 is 5.32 Å². The first-order valence-electron chi connectivity index (χ1n) is 5.60. The summed E-state index contributed by atoms with van der Waals surface area (Å²) in [6, 6.07) is 8.61. The van der Waals surface area contributed by atoms with E-state index in [1.807, 2.05) is 13.1 Å². The Bertz CT molecular complexity index is 505. The molecule has 0 saturated carbocycles. The Morgan fingerprint density at radius 3 is 2.53 bits per heavy atom. The standard InChI is InChI=1S/C14H16ClNS/c1-9-7-11(12(15)8-10(9)2)14(16-3)13-5-4-6-17-13/h4-8,14,16H,1-3H3. The Hall–Kier alpha value is -0.830. The molecule has 0 radical (unpaired) electrons. The molecule has 1 unspecified atom stereocenters. The van der Waals surface area contributed by atoms with Gasteiger partial charge in [0.2, 0.25) is 0 Å². The third kappa shape index (κ3) is 2.54. The molecule has 2 aromatic rings. The number of hydrogen-bond donors (Lipinski definition) is 1. The minimum Gasteiger partial charge on any atom is -0.309 e. The fourth-order valence-electron chi connectivity index (χ4n) is 1.93. The molecule has 1 atom stereocenters. The second-order valence-corrected chi connectivity index (χ2v) is 5.58. The molecule has 0 aliphatic carbocycles. The van der Waals surface area contributed by atoms with Crippen LogP contribution >= 0.6 is 22.9 Å². The van der Waals surface area contributed by atoms with E-state index in [-0.39, 0.29) is 6.04 Å². The van der Waals surface area contributed by atoms with Crippen LogP contribution in [0.3, 0.4) is 0 Å². The lowest BCUT2D eigenvalue weighted by molar-refractivity contribution is 0.703. The van der Waals surface area contributed by atoms with Crippen LogP contribution in [0.15, 0.2) is 29.6 Å². The van der Waals surface area contributed by atoms with E-state index in [4.69, 9.17) is 11.6 Å². The zero-order chi connectivity index (χ0) is 12.4. The van der Waals surface area contributed by atoms with Gasteiger partial charge in [0.1, 0.15) is 0 Å². The van der Waals surface area contributed by atoms with Gasteiger partial charge in [0, 0.05) is 9.90 Å². The number of rotatable bonds is 3. The quantitative estimate of drug-likeness (QED) is 0.871. The third-order valence-corrected chi connectivity index (χ3v) is 4.30. The highest BCUT2D eigenvalue weighted by atomic mass is 35.5. The average molecular weight is 266 g/mol. The summed E-state index contributed by atoms with van der Waals surface area (Å²) in [5.41, 5.74) is 3.67. The maximum atomic E-state index is 6.36. The predicted octanol–water partition coefficient (Wildman–Crippen LogP) is 4.33. The van der Waals surface area contributed by atoms with Gasteiger partial charge in [-0.05, 0) is 55.1 Å². The molecule has 17 heavy (non-hydrogen) atoms. The zero-order valence-corrected chi connectivity index (χ0v) is 11.8. The number of benzene rings is 1. The number of halogens is 1. The van der Waals surface area contributed by atoms with E-state index in [2.05, 4.69) is 42.7 Å². The molecule has 1 N–H and O–H groups in total. The van der Waals surface area contributed by atoms with Crippen molar-refractivity contribution in [3.63, 3.8) is 0 Å². The fourth-order valence-corrected chi connectivity index (χ4v) is 3.11. The molecule has 1 aromatic heterocycles. The van der Waals surface area contributed by atoms with Crippen LogP contribution in [0.4, 0.5) is 0 Å². The van der Waals surface area contributed by atoms with Gasteiger partial charge in [0.25, 0.3) is 0 Å². The van der Waals surface area contributed by atoms with Gasteiger partial charge in [-0.2, -0.15) is 0 Å². The Balaban J connectivity index is 2.48. The maximum absolute atomic E-state index is 6.36. The number of nitrogens with one attached hydrogen (secondary N) is 1. The van der Waals surface area contributed by atoms with Crippen LogP contribution in [0.5, 0.6) is 0 Å². The van der Waals surface area contributed by atoms with E-state index in [0.717, 1.165) is 10.6 Å². The molecule has 3 heteroatoms. The Kier molecular flexibility index (Phi) is 3.87. The first-order valence-corrected chi connectivity index (χ1v) is 6.86. The monoisotopic (exact) mass is 265 g/mol. The molecule has 0 amide bonds. The second kappa shape index (κ2) is 5.21. The second-order valence-electron chi connectivity index (χ2n) is 4.20. The van der Waals surface area contributed by atoms with Gasteiger partial charge in [-0.1, -0.05) is 23.7 Å². The summed E-state index contributed by atoms with van der Waals surface area (Å²) in [4.78, 5) is 1.29.